The average Bonchev–Trinajstić information content (AvgIpc) is 3.38. The molecule has 0 saturated carbocycles. The molecule has 9 nitrogen and oxygen atoms in total. The number of hydrogen-bond donors (Lipinski definition) is 4. The Bertz CT molecular complexity index is 1130. The van der Waals surface area contributed by atoms with Gasteiger partial charge in [-0.3, -0.25) is 5.41 Å². The first kappa shape index (κ1) is 21.2. The number of nitrogen functional groups attached to an aromatic ring is 1. The van der Waals surface area contributed by atoms with Crippen molar-refractivity contribution in [2.24, 2.45) is 0 Å². The molecule has 9 heteroatoms. The summed E-state index contributed by atoms with van der Waals surface area (Å²) in [6.45, 7) is 1.73. The lowest BCUT2D eigenvalue weighted by atomic mass is 9.96. The second-order valence-corrected chi connectivity index (χ2v) is 7.71. The van der Waals surface area contributed by atoms with Crippen molar-refractivity contribution in [1.29, 1.82) is 10.8 Å². The predicted octanol–water partition coefficient (Wildman–Crippen LogP) is 2.72. The average molecular weight is 430 g/mol. The van der Waals surface area contributed by atoms with Crippen molar-refractivity contribution < 1.29 is 0 Å². The van der Waals surface area contributed by atoms with Gasteiger partial charge in [-0.15, -0.1) is 0 Å². The van der Waals surface area contributed by atoms with Gasteiger partial charge in [-0.25, -0.2) is 14.6 Å². The van der Waals surface area contributed by atoms with Crippen LogP contribution in [0.5, 0.6) is 0 Å². The van der Waals surface area contributed by atoms with Crippen LogP contribution in [0.3, 0.4) is 0 Å². The van der Waals surface area contributed by atoms with Gasteiger partial charge in [0.2, 0.25) is 0 Å². The van der Waals surface area contributed by atoms with Crippen molar-refractivity contribution in [3.63, 3.8) is 0 Å². The lowest BCUT2D eigenvalue weighted by Gasteiger charge is -2.32. The van der Waals surface area contributed by atoms with Gasteiger partial charge in [-0.1, -0.05) is 6.07 Å². The van der Waals surface area contributed by atoms with Crippen molar-refractivity contribution >= 4 is 29.0 Å². The Hall–Kier alpha value is -4.01. The molecule has 0 unspecified atom stereocenters. The van der Waals surface area contributed by atoms with Gasteiger partial charge in [-0.05, 0) is 42.7 Å². The fraction of sp³-hybridized carbons (Fsp3) is 0.261. The van der Waals surface area contributed by atoms with E-state index in [1.807, 2.05) is 28.9 Å². The summed E-state index contributed by atoms with van der Waals surface area (Å²) in [5, 5.41) is 23.7. The van der Waals surface area contributed by atoms with Crippen LogP contribution in [0.2, 0.25) is 0 Å². The molecule has 1 aliphatic heterocycles. The Morgan fingerprint density at radius 2 is 2.00 bits per heavy atom. The summed E-state index contributed by atoms with van der Waals surface area (Å²) in [6.07, 6.45) is 10.0. The minimum Gasteiger partial charge on any atom is -0.398 e. The molecule has 1 saturated heterocycles. The summed E-state index contributed by atoms with van der Waals surface area (Å²) in [4.78, 5) is 10.8. The molecule has 3 heterocycles. The van der Waals surface area contributed by atoms with Gasteiger partial charge in [0, 0.05) is 61.1 Å². The molecule has 0 radical (unpaired) electrons. The van der Waals surface area contributed by atoms with Crippen molar-refractivity contribution in [2.75, 3.05) is 30.8 Å². The van der Waals surface area contributed by atoms with E-state index in [9.17, 15) is 0 Å². The summed E-state index contributed by atoms with van der Waals surface area (Å²) in [6, 6.07) is 9.63. The van der Waals surface area contributed by atoms with Crippen LogP contribution < -0.4 is 16.0 Å². The number of nitrogens with zero attached hydrogens (tertiary/aromatic N) is 5. The van der Waals surface area contributed by atoms with Crippen LogP contribution in [-0.4, -0.2) is 51.8 Å². The molecule has 1 aliphatic rings. The first-order valence-corrected chi connectivity index (χ1v) is 10.5. The fourth-order valence-corrected chi connectivity index (χ4v) is 3.98. The van der Waals surface area contributed by atoms with Crippen LogP contribution in [0.1, 0.15) is 35.6 Å². The number of benzene rings is 1. The summed E-state index contributed by atoms with van der Waals surface area (Å²) in [5.41, 5.74) is 10.0. The third-order valence-electron chi connectivity index (χ3n) is 5.74. The molecule has 0 amide bonds. The monoisotopic (exact) mass is 429 g/mol. The first-order valence-electron chi connectivity index (χ1n) is 10.5. The number of aromatic nitrogens is 4. The Balaban J connectivity index is 1.54. The highest BCUT2D eigenvalue weighted by atomic mass is 15.3. The van der Waals surface area contributed by atoms with E-state index in [4.69, 9.17) is 16.6 Å². The summed E-state index contributed by atoms with van der Waals surface area (Å²) in [5.74, 6) is 0.856. The molecule has 1 aromatic carbocycles. The van der Waals surface area contributed by atoms with E-state index in [1.54, 1.807) is 38.2 Å². The lowest BCUT2D eigenvalue weighted by molar-refractivity contribution is 0.365. The summed E-state index contributed by atoms with van der Waals surface area (Å²) >= 11 is 0. The van der Waals surface area contributed by atoms with E-state index < -0.39 is 0 Å². The molecule has 0 bridgehead atoms. The largest absolute Gasteiger partial charge is 0.398 e. The second kappa shape index (κ2) is 9.42. The number of nitrogens with one attached hydrogen (secondary N) is 3. The van der Waals surface area contributed by atoms with Crippen LogP contribution >= 0.6 is 0 Å². The summed E-state index contributed by atoms with van der Waals surface area (Å²) < 4.78 is 1.93. The number of anilines is 2. The topological polar surface area (TPSA) is 133 Å². The molecule has 4 rings (SSSR count). The quantitative estimate of drug-likeness (QED) is 0.337. The molecule has 2 aromatic heterocycles. The molecule has 164 valence electrons. The van der Waals surface area contributed by atoms with E-state index >= 15 is 0 Å². The highest BCUT2D eigenvalue weighted by Gasteiger charge is 2.22. The van der Waals surface area contributed by atoms with Crippen molar-refractivity contribution in [3.8, 4) is 0 Å². The zero-order valence-electron chi connectivity index (χ0n) is 18.0. The van der Waals surface area contributed by atoms with Gasteiger partial charge < -0.3 is 21.4 Å². The Kier molecular flexibility index (Phi) is 6.25. The van der Waals surface area contributed by atoms with Crippen LogP contribution in [0.4, 0.5) is 11.5 Å². The van der Waals surface area contributed by atoms with Gasteiger partial charge in [0.05, 0.1) is 11.8 Å². The molecule has 3 aromatic rings. The molecule has 1 fully saturated rings. The van der Waals surface area contributed by atoms with Crippen LogP contribution in [0, 0.1) is 10.8 Å². The van der Waals surface area contributed by atoms with Gasteiger partial charge in [-0.2, -0.15) is 5.10 Å². The van der Waals surface area contributed by atoms with E-state index in [0.717, 1.165) is 42.9 Å². The maximum atomic E-state index is 8.81. The third-order valence-corrected chi connectivity index (χ3v) is 5.74. The fourth-order valence-electron chi connectivity index (χ4n) is 3.98. The second-order valence-electron chi connectivity index (χ2n) is 7.71. The Morgan fingerprint density at radius 3 is 2.69 bits per heavy atom. The van der Waals surface area contributed by atoms with Crippen LogP contribution in [0.15, 0.2) is 55.4 Å². The smallest absolute Gasteiger partial charge is 0.137 e. The predicted molar refractivity (Wildman–Crippen MR) is 127 cm³/mol. The third kappa shape index (κ3) is 4.36. The van der Waals surface area contributed by atoms with E-state index in [1.165, 1.54) is 6.21 Å². The van der Waals surface area contributed by atoms with Crippen molar-refractivity contribution in [1.82, 2.24) is 25.1 Å². The molecular weight excluding hydrogens is 402 g/mol. The van der Waals surface area contributed by atoms with Gasteiger partial charge in [0.1, 0.15) is 18.5 Å². The zero-order chi connectivity index (χ0) is 22.5. The SMILES string of the molecule is CN/C=C(\C=N)c1ccc(N)c(C(=N)c2ccnc(N3CCC(n4cncn4)CC3)c2)c1. The first-order chi connectivity index (χ1) is 15.6. The maximum absolute atomic E-state index is 8.81. The maximum Gasteiger partial charge on any atom is 0.137 e. The van der Waals surface area contributed by atoms with Crippen molar-refractivity contribution in [2.45, 2.75) is 18.9 Å². The Labute approximate surface area is 187 Å². The van der Waals surface area contributed by atoms with Gasteiger partial charge in [0.25, 0.3) is 0 Å². The number of pyridine rings is 1. The number of rotatable bonds is 7. The molecule has 5 N–H and O–H groups in total. The molecule has 32 heavy (non-hydrogen) atoms. The molecular formula is C23H27N9. The number of nitrogens with two attached hydrogens (primary N) is 1. The number of piperidine rings is 1. The molecule has 0 atom stereocenters. The Morgan fingerprint density at radius 1 is 1.19 bits per heavy atom. The molecule has 0 aliphatic carbocycles. The van der Waals surface area contributed by atoms with E-state index in [2.05, 4.69) is 25.3 Å². The van der Waals surface area contributed by atoms with Crippen molar-refractivity contribution in [3.05, 3.63) is 72.1 Å². The summed E-state index contributed by atoms with van der Waals surface area (Å²) in [7, 11) is 1.79. The van der Waals surface area contributed by atoms with E-state index in [-0.39, 0.29) is 0 Å². The van der Waals surface area contributed by atoms with Gasteiger partial charge in [0.15, 0.2) is 0 Å². The number of allylic oxidation sites excluding steroid dienone is 1. The van der Waals surface area contributed by atoms with Crippen LogP contribution in [0.25, 0.3) is 5.57 Å². The highest BCUT2D eigenvalue weighted by molar-refractivity contribution is 6.15. The minimum atomic E-state index is 0.333. The normalized spacial score (nSPS) is 14.9. The molecule has 0 spiro atoms. The van der Waals surface area contributed by atoms with Gasteiger partial charge >= 0.3 is 0 Å². The highest BCUT2D eigenvalue weighted by Crippen LogP contribution is 2.27. The lowest BCUT2D eigenvalue weighted by Crippen LogP contribution is -2.35. The number of hydrogen-bond acceptors (Lipinski definition) is 8. The minimum absolute atomic E-state index is 0.333. The standard InChI is InChI=1S/C23H27N9/c1-27-13-18(12-24)16-2-3-21(25)20(10-16)23(26)17-4-7-29-22(11-17)31-8-5-19(6-9-31)32-15-28-14-30-32/h2-4,7,10-15,19,24,26-27H,5-6,8-9,25H2,1H3/b18-13+,24-12?,26-23?. The van der Waals surface area contributed by atoms with Crippen LogP contribution in [-0.2, 0) is 0 Å². The van der Waals surface area contributed by atoms with E-state index in [0.29, 0.717) is 28.6 Å². The zero-order valence-corrected chi connectivity index (χ0v) is 18.0.